The Balaban J connectivity index is 2.24. The third-order valence-corrected chi connectivity index (χ3v) is 3.29. The summed E-state index contributed by atoms with van der Waals surface area (Å²) < 4.78 is 7.01. The standard InChI is InChI=1S/C14H21N3O4/c1-5-17-10-8-16(13(20)21-14(2,3)4)7-6-9(10)11(15-17)12(18)19/h5-8H2,1-4H3,(H,18,19). The number of fused-ring (bicyclic) bond motifs is 1. The van der Waals surface area contributed by atoms with Gasteiger partial charge >= 0.3 is 12.1 Å². The molecule has 0 atom stereocenters. The van der Waals surface area contributed by atoms with Gasteiger partial charge in [0.1, 0.15) is 5.60 Å². The lowest BCUT2D eigenvalue weighted by atomic mass is 10.0. The molecule has 0 fully saturated rings. The molecule has 2 heterocycles. The summed E-state index contributed by atoms with van der Waals surface area (Å²) in [6.45, 7) is 8.69. The van der Waals surface area contributed by atoms with E-state index >= 15 is 0 Å². The van der Waals surface area contributed by atoms with Gasteiger partial charge in [0.25, 0.3) is 0 Å². The molecule has 7 heteroatoms. The van der Waals surface area contributed by atoms with Crippen LogP contribution < -0.4 is 0 Å². The third kappa shape index (κ3) is 3.17. The van der Waals surface area contributed by atoms with Crippen LogP contribution in [-0.4, -0.2) is 44.0 Å². The minimum atomic E-state index is -1.02. The smallest absolute Gasteiger partial charge is 0.410 e. The Kier molecular flexibility index (Phi) is 3.93. The first-order valence-corrected chi connectivity index (χ1v) is 7.02. The lowest BCUT2D eigenvalue weighted by Crippen LogP contribution is -2.40. The number of carbonyl (C=O) groups excluding carboxylic acids is 1. The molecule has 1 aliphatic heterocycles. The predicted octanol–water partition coefficient (Wildman–Crippen LogP) is 1.89. The van der Waals surface area contributed by atoms with E-state index in [9.17, 15) is 14.7 Å². The van der Waals surface area contributed by atoms with E-state index in [2.05, 4.69) is 5.10 Å². The van der Waals surface area contributed by atoms with Gasteiger partial charge in [0.2, 0.25) is 0 Å². The van der Waals surface area contributed by atoms with E-state index in [0.29, 0.717) is 26.1 Å². The average molecular weight is 295 g/mol. The van der Waals surface area contributed by atoms with Crippen molar-refractivity contribution in [2.75, 3.05) is 6.54 Å². The highest BCUT2D eigenvalue weighted by Crippen LogP contribution is 2.24. The molecule has 0 unspecified atom stereocenters. The second kappa shape index (κ2) is 5.38. The zero-order valence-electron chi connectivity index (χ0n) is 12.8. The number of carboxylic acid groups (broad SMARTS) is 1. The highest BCUT2D eigenvalue weighted by atomic mass is 16.6. The Morgan fingerprint density at radius 1 is 1.38 bits per heavy atom. The molecule has 0 saturated carbocycles. The number of aryl methyl sites for hydroxylation is 1. The summed E-state index contributed by atoms with van der Waals surface area (Å²) in [4.78, 5) is 24.9. The van der Waals surface area contributed by atoms with Crippen LogP contribution in [0, 0.1) is 0 Å². The number of hydrogen-bond acceptors (Lipinski definition) is 4. The average Bonchev–Trinajstić information content (AvgIpc) is 2.74. The topological polar surface area (TPSA) is 84.7 Å². The van der Waals surface area contributed by atoms with E-state index in [1.54, 1.807) is 9.58 Å². The molecule has 1 amide bonds. The Morgan fingerprint density at radius 2 is 2.05 bits per heavy atom. The molecule has 0 bridgehead atoms. The fourth-order valence-corrected chi connectivity index (χ4v) is 2.40. The summed E-state index contributed by atoms with van der Waals surface area (Å²) in [6.07, 6.45) is 0.102. The quantitative estimate of drug-likeness (QED) is 0.900. The van der Waals surface area contributed by atoms with Crippen LogP contribution in [0.3, 0.4) is 0 Å². The van der Waals surface area contributed by atoms with E-state index < -0.39 is 11.6 Å². The molecule has 0 spiro atoms. The second-order valence-corrected chi connectivity index (χ2v) is 6.05. The van der Waals surface area contributed by atoms with Gasteiger partial charge in [0.05, 0.1) is 12.2 Å². The van der Waals surface area contributed by atoms with E-state index in [1.165, 1.54) is 0 Å². The van der Waals surface area contributed by atoms with Crippen molar-refractivity contribution in [3.8, 4) is 0 Å². The molecule has 1 aliphatic rings. The summed E-state index contributed by atoms with van der Waals surface area (Å²) in [7, 11) is 0. The predicted molar refractivity (Wildman–Crippen MR) is 75.2 cm³/mol. The van der Waals surface area contributed by atoms with Crippen LogP contribution in [0.15, 0.2) is 0 Å². The van der Waals surface area contributed by atoms with Crippen LogP contribution in [-0.2, 0) is 24.2 Å². The molecule has 0 saturated heterocycles. The summed E-state index contributed by atoms with van der Waals surface area (Å²) >= 11 is 0. The van der Waals surface area contributed by atoms with Crippen LogP contribution in [0.25, 0.3) is 0 Å². The summed E-state index contributed by atoms with van der Waals surface area (Å²) in [5.41, 5.74) is 1.06. The monoisotopic (exact) mass is 295 g/mol. The second-order valence-electron chi connectivity index (χ2n) is 6.05. The van der Waals surface area contributed by atoms with E-state index in [0.717, 1.165) is 11.3 Å². The first kappa shape index (κ1) is 15.3. The Bertz CT molecular complexity index is 572. The maximum atomic E-state index is 12.1. The molecule has 116 valence electrons. The molecule has 0 radical (unpaired) electrons. The molecule has 0 aromatic carbocycles. The minimum Gasteiger partial charge on any atom is -0.476 e. The summed E-state index contributed by atoms with van der Waals surface area (Å²) in [5, 5.41) is 13.3. The van der Waals surface area contributed by atoms with E-state index in [1.807, 2.05) is 27.7 Å². The van der Waals surface area contributed by atoms with Gasteiger partial charge in [-0.25, -0.2) is 9.59 Å². The van der Waals surface area contributed by atoms with Crippen molar-refractivity contribution in [3.63, 3.8) is 0 Å². The third-order valence-electron chi connectivity index (χ3n) is 3.29. The summed E-state index contributed by atoms with van der Waals surface area (Å²) in [6, 6.07) is 0. The molecule has 7 nitrogen and oxygen atoms in total. The molecule has 1 N–H and O–H groups in total. The fraction of sp³-hybridized carbons (Fsp3) is 0.643. The molecule has 1 aromatic rings. The van der Waals surface area contributed by atoms with Crippen LogP contribution in [0.1, 0.15) is 49.4 Å². The fourth-order valence-electron chi connectivity index (χ4n) is 2.40. The maximum absolute atomic E-state index is 12.1. The highest BCUT2D eigenvalue weighted by Gasteiger charge is 2.31. The van der Waals surface area contributed by atoms with Gasteiger partial charge in [0.15, 0.2) is 5.69 Å². The number of nitrogens with zero attached hydrogens (tertiary/aromatic N) is 3. The number of carboxylic acids is 1. The highest BCUT2D eigenvalue weighted by molar-refractivity contribution is 5.87. The number of hydrogen-bond donors (Lipinski definition) is 1. The zero-order valence-corrected chi connectivity index (χ0v) is 12.8. The Labute approximate surface area is 123 Å². The molecule has 1 aromatic heterocycles. The van der Waals surface area contributed by atoms with Gasteiger partial charge < -0.3 is 14.7 Å². The first-order chi connectivity index (χ1) is 9.73. The Morgan fingerprint density at radius 3 is 2.57 bits per heavy atom. The lowest BCUT2D eigenvalue weighted by Gasteiger charge is -2.30. The van der Waals surface area contributed by atoms with Crippen LogP contribution in [0.4, 0.5) is 4.79 Å². The SMILES string of the molecule is CCn1nc(C(=O)O)c2c1CN(C(=O)OC(C)(C)C)CC2. The number of aromatic nitrogens is 2. The number of ether oxygens (including phenoxy) is 1. The van der Waals surface area contributed by atoms with Crippen molar-refractivity contribution in [3.05, 3.63) is 17.0 Å². The van der Waals surface area contributed by atoms with Gasteiger partial charge in [-0.1, -0.05) is 0 Å². The van der Waals surface area contributed by atoms with Crippen LogP contribution >= 0.6 is 0 Å². The van der Waals surface area contributed by atoms with Crippen LogP contribution in [0.5, 0.6) is 0 Å². The van der Waals surface area contributed by atoms with Crippen molar-refractivity contribution < 1.29 is 19.4 Å². The largest absolute Gasteiger partial charge is 0.476 e. The van der Waals surface area contributed by atoms with Gasteiger partial charge in [0, 0.05) is 18.7 Å². The maximum Gasteiger partial charge on any atom is 0.410 e. The number of carbonyl (C=O) groups is 2. The normalized spacial score (nSPS) is 14.8. The number of amides is 1. The number of rotatable bonds is 2. The minimum absolute atomic E-state index is 0.0932. The van der Waals surface area contributed by atoms with Gasteiger partial charge in [-0.15, -0.1) is 0 Å². The van der Waals surface area contributed by atoms with Crippen molar-refractivity contribution in [1.29, 1.82) is 0 Å². The number of aromatic carboxylic acids is 1. The van der Waals surface area contributed by atoms with E-state index in [-0.39, 0.29) is 11.8 Å². The molecule has 21 heavy (non-hydrogen) atoms. The lowest BCUT2D eigenvalue weighted by molar-refractivity contribution is 0.0218. The van der Waals surface area contributed by atoms with Crippen LogP contribution in [0.2, 0.25) is 0 Å². The Hall–Kier alpha value is -2.05. The van der Waals surface area contributed by atoms with Crippen molar-refractivity contribution in [2.45, 2.75) is 52.8 Å². The molecule has 2 rings (SSSR count). The van der Waals surface area contributed by atoms with Gasteiger partial charge in [-0.3, -0.25) is 4.68 Å². The summed E-state index contributed by atoms with van der Waals surface area (Å²) in [5.74, 6) is -1.02. The first-order valence-electron chi connectivity index (χ1n) is 7.02. The van der Waals surface area contributed by atoms with Crippen molar-refractivity contribution in [2.24, 2.45) is 0 Å². The molecular weight excluding hydrogens is 274 g/mol. The van der Waals surface area contributed by atoms with Gasteiger partial charge in [-0.05, 0) is 34.1 Å². The zero-order chi connectivity index (χ0) is 15.8. The van der Waals surface area contributed by atoms with Crippen molar-refractivity contribution in [1.82, 2.24) is 14.7 Å². The van der Waals surface area contributed by atoms with Gasteiger partial charge in [-0.2, -0.15) is 5.10 Å². The van der Waals surface area contributed by atoms with E-state index in [4.69, 9.17) is 4.74 Å². The molecule has 0 aliphatic carbocycles. The van der Waals surface area contributed by atoms with Crippen molar-refractivity contribution >= 4 is 12.1 Å². The molecular formula is C14H21N3O4.